The maximum atomic E-state index is 13.5. The van der Waals surface area contributed by atoms with Gasteiger partial charge in [-0.15, -0.1) is 11.3 Å². The summed E-state index contributed by atoms with van der Waals surface area (Å²) in [6.07, 6.45) is -2.13. The number of likely N-dealkylation sites (N-methyl/N-ethyl adjacent to an activating group) is 1. The summed E-state index contributed by atoms with van der Waals surface area (Å²) in [5.74, 6) is 0. The zero-order chi connectivity index (χ0) is 21.0. The third-order valence-corrected chi connectivity index (χ3v) is 5.16. The second-order valence-corrected chi connectivity index (χ2v) is 7.38. The van der Waals surface area contributed by atoms with Crippen LogP contribution in [0.15, 0.2) is 48.4 Å². The van der Waals surface area contributed by atoms with E-state index in [0.717, 1.165) is 10.9 Å². The molecule has 2 amide bonds. The van der Waals surface area contributed by atoms with Crippen molar-refractivity contribution in [1.82, 2.24) is 25.0 Å². The Hall–Kier alpha value is -2.92. The molecule has 1 aromatic carbocycles. The number of carbonyl (C=O) groups is 1. The van der Waals surface area contributed by atoms with Crippen LogP contribution in [0.2, 0.25) is 0 Å². The Bertz CT molecular complexity index is 941. The Labute approximate surface area is 169 Å². The monoisotopic (exact) mass is 424 g/mol. The van der Waals surface area contributed by atoms with Crippen molar-refractivity contribution in [2.45, 2.75) is 12.2 Å². The first-order chi connectivity index (χ1) is 13.8. The largest absolute Gasteiger partial charge is 0.418 e. The van der Waals surface area contributed by atoms with Crippen LogP contribution in [0.3, 0.4) is 0 Å². The lowest BCUT2D eigenvalue weighted by Gasteiger charge is -2.24. The van der Waals surface area contributed by atoms with Gasteiger partial charge < -0.3 is 15.5 Å². The molecule has 0 fully saturated rings. The van der Waals surface area contributed by atoms with Crippen LogP contribution >= 0.6 is 11.3 Å². The third-order valence-electron chi connectivity index (χ3n) is 4.19. The van der Waals surface area contributed by atoms with Crippen molar-refractivity contribution in [2.75, 3.05) is 26.0 Å². The molecule has 0 spiro atoms. The van der Waals surface area contributed by atoms with E-state index in [2.05, 4.69) is 20.7 Å². The number of halogens is 3. The van der Waals surface area contributed by atoms with E-state index in [1.807, 2.05) is 36.5 Å². The first-order valence-electron chi connectivity index (χ1n) is 8.56. The number of urea groups is 1. The number of benzene rings is 1. The van der Waals surface area contributed by atoms with E-state index in [-0.39, 0.29) is 24.0 Å². The number of aromatic nitrogens is 3. The Morgan fingerprint density at radius 3 is 2.69 bits per heavy atom. The molecule has 2 N–H and O–H groups in total. The normalized spacial score (nSPS) is 12.8. The minimum Gasteiger partial charge on any atom is -0.336 e. The van der Waals surface area contributed by atoms with Crippen molar-refractivity contribution in [3.8, 4) is 5.69 Å². The summed E-state index contributed by atoms with van der Waals surface area (Å²) in [6, 6.07) is 6.58. The fourth-order valence-corrected chi connectivity index (χ4v) is 3.66. The molecule has 0 aliphatic carbocycles. The van der Waals surface area contributed by atoms with Gasteiger partial charge in [-0.3, -0.25) is 0 Å². The van der Waals surface area contributed by atoms with Crippen molar-refractivity contribution < 1.29 is 18.0 Å². The molecule has 0 aliphatic heterocycles. The quantitative estimate of drug-likeness (QED) is 0.632. The third kappa shape index (κ3) is 5.12. The summed E-state index contributed by atoms with van der Waals surface area (Å²) in [4.78, 5) is 19.0. The molecule has 154 valence electrons. The van der Waals surface area contributed by atoms with Crippen molar-refractivity contribution in [3.63, 3.8) is 0 Å². The highest BCUT2D eigenvalue weighted by atomic mass is 32.1. The van der Waals surface area contributed by atoms with Gasteiger partial charge >= 0.3 is 12.2 Å². The smallest absolute Gasteiger partial charge is 0.336 e. The zero-order valence-electron chi connectivity index (χ0n) is 15.6. The molecule has 11 heteroatoms. The van der Waals surface area contributed by atoms with E-state index >= 15 is 0 Å². The first kappa shape index (κ1) is 20.8. The molecule has 0 bridgehead atoms. The number of alkyl halides is 3. The lowest BCUT2D eigenvalue weighted by atomic mass is 10.1. The summed E-state index contributed by atoms with van der Waals surface area (Å²) < 4.78 is 41.7. The summed E-state index contributed by atoms with van der Waals surface area (Å²) in [5.41, 5.74) is -1.12. The minimum absolute atomic E-state index is 0.0856. The van der Waals surface area contributed by atoms with Crippen LogP contribution in [-0.2, 0) is 6.18 Å². The highest BCUT2D eigenvalue weighted by Gasteiger charge is 2.34. The SMILES string of the molecule is CN(C)C(CNC(=O)Nc1ccc(-n2cncn2)cc1C(F)(F)F)c1cccs1. The zero-order valence-corrected chi connectivity index (χ0v) is 16.5. The number of thiophene rings is 1. The number of nitrogens with zero attached hydrogens (tertiary/aromatic N) is 4. The Kier molecular flexibility index (Phi) is 6.18. The van der Waals surface area contributed by atoms with E-state index in [0.29, 0.717) is 0 Å². The Morgan fingerprint density at radius 1 is 1.31 bits per heavy atom. The standard InChI is InChI=1S/C18H19F3N6OS/c1-26(2)15(16-4-3-7-29-16)9-23-17(28)25-14-6-5-12(27-11-22-10-24-27)8-13(14)18(19,20)21/h3-8,10-11,15H,9H2,1-2H3,(H2,23,25,28). The average molecular weight is 424 g/mol. The van der Waals surface area contributed by atoms with Crippen LogP contribution in [0, 0.1) is 0 Å². The highest BCUT2D eigenvalue weighted by Crippen LogP contribution is 2.36. The summed E-state index contributed by atoms with van der Waals surface area (Å²) in [6.45, 7) is 0.248. The molecule has 7 nitrogen and oxygen atoms in total. The number of hydrogen-bond donors (Lipinski definition) is 2. The van der Waals surface area contributed by atoms with Gasteiger partial charge in [0, 0.05) is 11.4 Å². The predicted molar refractivity (Wildman–Crippen MR) is 104 cm³/mol. The van der Waals surface area contributed by atoms with Gasteiger partial charge in [0.05, 0.1) is 23.0 Å². The molecule has 1 atom stereocenters. The molecule has 2 heterocycles. The van der Waals surface area contributed by atoms with E-state index in [1.54, 1.807) is 11.3 Å². The molecule has 3 aromatic rings. The highest BCUT2D eigenvalue weighted by molar-refractivity contribution is 7.10. The second-order valence-electron chi connectivity index (χ2n) is 6.40. The van der Waals surface area contributed by atoms with E-state index in [9.17, 15) is 18.0 Å². The molecule has 0 radical (unpaired) electrons. The first-order valence-corrected chi connectivity index (χ1v) is 9.44. The number of hydrogen-bond acceptors (Lipinski definition) is 5. The molecular formula is C18H19F3N6OS. The van der Waals surface area contributed by atoms with Crippen LogP contribution in [0.1, 0.15) is 16.5 Å². The summed E-state index contributed by atoms with van der Waals surface area (Å²) in [7, 11) is 3.74. The van der Waals surface area contributed by atoms with Crippen molar-refractivity contribution >= 4 is 23.1 Å². The van der Waals surface area contributed by atoms with Crippen LogP contribution in [-0.4, -0.2) is 46.3 Å². The van der Waals surface area contributed by atoms with Crippen LogP contribution < -0.4 is 10.6 Å². The maximum Gasteiger partial charge on any atom is 0.418 e. The lowest BCUT2D eigenvalue weighted by molar-refractivity contribution is -0.136. The van der Waals surface area contributed by atoms with E-state index < -0.39 is 17.8 Å². The van der Waals surface area contributed by atoms with Gasteiger partial charge in [0.25, 0.3) is 0 Å². The Morgan fingerprint density at radius 2 is 2.10 bits per heavy atom. The number of rotatable bonds is 6. The summed E-state index contributed by atoms with van der Waals surface area (Å²) in [5, 5.41) is 10.7. The van der Waals surface area contributed by atoms with Gasteiger partial charge in [0.1, 0.15) is 12.7 Å². The van der Waals surface area contributed by atoms with Crippen LogP contribution in [0.4, 0.5) is 23.7 Å². The van der Waals surface area contributed by atoms with Gasteiger partial charge in [-0.25, -0.2) is 14.5 Å². The maximum absolute atomic E-state index is 13.5. The van der Waals surface area contributed by atoms with Gasteiger partial charge in [0.2, 0.25) is 0 Å². The van der Waals surface area contributed by atoms with Crippen LogP contribution in [0.25, 0.3) is 5.69 Å². The molecule has 2 aromatic heterocycles. The molecule has 0 saturated heterocycles. The van der Waals surface area contributed by atoms with E-state index in [1.165, 1.54) is 29.5 Å². The van der Waals surface area contributed by atoms with E-state index in [4.69, 9.17) is 0 Å². The number of nitrogens with one attached hydrogen (secondary N) is 2. The average Bonchev–Trinajstić information content (AvgIpc) is 3.35. The fourth-order valence-electron chi connectivity index (χ4n) is 2.73. The molecular weight excluding hydrogens is 405 g/mol. The van der Waals surface area contributed by atoms with Crippen LogP contribution in [0.5, 0.6) is 0 Å². The van der Waals surface area contributed by atoms with Crippen molar-refractivity contribution in [1.29, 1.82) is 0 Å². The van der Waals surface area contributed by atoms with Crippen molar-refractivity contribution in [2.24, 2.45) is 0 Å². The lowest BCUT2D eigenvalue weighted by Crippen LogP contribution is -2.37. The summed E-state index contributed by atoms with van der Waals surface area (Å²) >= 11 is 1.55. The topological polar surface area (TPSA) is 75.1 Å². The molecule has 3 rings (SSSR count). The molecule has 0 saturated carbocycles. The van der Waals surface area contributed by atoms with Gasteiger partial charge in [-0.2, -0.15) is 18.3 Å². The number of amides is 2. The minimum atomic E-state index is -4.65. The number of anilines is 1. The Balaban J connectivity index is 1.74. The predicted octanol–water partition coefficient (Wildman–Crippen LogP) is 3.77. The van der Waals surface area contributed by atoms with Gasteiger partial charge in [-0.1, -0.05) is 6.07 Å². The fraction of sp³-hybridized carbons (Fsp3) is 0.278. The number of carbonyl (C=O) groups excluding carboxylic acids is 1. The molecule has 1 unspecified atom stereocenters. The second kappa shape index (κ2) is 8.62. The molecule has 29 heavy (non-hydrogen) atoms. The van der Waals surface area contributed by atoms with Gasteiger partial charge in [-0.05, 0) is 43.7 Å². The molecule has 0 aliphatic rings. The van der Waals surface area contributed by atoms with Gasteiger partial charge in [0.15, 0.2) is 0 Å². The van der Waals surface area contributed by atoms with Crippen molar-refractivity contribution in [3.05, 3.63) is 58.8 Å².